The minimum Gasteiger partial charge on any atom is -0.508 e. The van der Waals surface area contributed by atoms with Crippen molar-refractivity contribution >= 4 is 80.7 Å². The van der Waals surface area contributed by atoms with E-state index in [2.05, 4.69) is 46.5 Å². The van der Waals surface area contributed by atoms with Crippen LogP contribution in [0.3, 0.4) is 0 Å². The van der Waals surface area contributed by atoms with Crippen LogP contribution in [0.1, 0.15) is 61.1 Å². The van der Waals surface area contributed by atoms with E-state index in [1.807, 2.05) is 18.2 Å². The summed E-state index contributed by atoms with van der Waals surface area (Å²) in [6.07, 6.45) is 2.34. The zero-order chi connectivity index (χ0) is 47.5. The number of amides is 2. The minimum absolute atomic E-state index is 0.0538. The number of phenolic OH excluding ortho intramolecular Hbond substituents is 1. The van der Waals surface area contributed by atoms with Gasteiger partial charge in [-0.1, -0.05) is 68.2 Å². The molecule has 3 aliphatic rings. The van der Waals surface area contributed by atoms with Crippen molar-refractivity contribution in [2.24, 2.45) is 0 Å². The van der Waals surface area contributed by atoms with E-state index in [0.29, 0.717) is 50.0 Å². The Kier molecular flexibility index (Phi) is 17.2. The van der Waals surface area contributed by atoms with Gasteiger partial charge in [0.05, 0.1) is 34.6 Å². The molecule has 1 fully saturated rings. The Morgan fingerprint density at radius 1 is 0.833 bits per heavy atom. The zero-order valence-electron chi connectivity index (χ0n) is 37.3. The van der Waals surface area contributed by atoms with Gasteiger partial charge in [0, 0.05) is 53.6 Å². The highest BCUT2D eigenvalue weighted by Gasteiger charge is 2.27. The fraction of sp³-hybridized carbons (Fsp3) is 0.300. The molecular weight excluding hydrogens is 900 g/mol. The maximum Gasteiger partial charge on any atom is 0.336 e. The summed E-state index contributed by atoms with van der Waals surface area (Å²) in [5, 5.41) is 30.6. The minimum atomic E-state index is -1.21. The lowest BCUT2D eigenvalue weighted by Gasteiger charge is -2.32. The third-order valence-corrected chi connectivity index (χ3v) is 12.6. The molecule has 5 N–H and O–H groups in total. The molecule has 1 saturated heterocycles. The van der Waals surface area contributed by atoms with Gasteiger partial charge in [-0.3, -0.25) is 14.4 Å². The number of fused-ring (bicyclic) bond motifs is 2. The summed E-state index contributed by atoms with van der Waals surface area (Å²) in [5.74, 6) is -1.50. The third kappa shape index (κ3) is 12.6. The highest BCUT2D eigenvalue weighted by Crippen LogP contribution is 2.42. The van der Waals surface area contributed by atoms with Crippen molar-refractivity contribution < 1.29 is 29.0 Å². The molecule has 13 nitrogen and oxygen atoms in total. The number of rotatable bonds is 15. The summed E-state index contributed by atoms with van der Waals surface area (Å²) in [7, 11) is 1.79. The molecule has 1 unspecified atom stereocenters. The van der Waals surface area contributed by atoms with E-state index in [4.69, 9.17) is 39.8 Å². The number of aromatic hydroxyl groups is 1. The number of hydrogen-bond donors (Lipinski definition) is 5. The van der Waals surface area contributed by atoms with Gasteiger partial charge in [0.15, 0.2) is 10.5 Å². The normalized spacial score (nSPS) is 13.0. The predicted molar refractivity (Wildman–Crippen MR) is 267 cm³/mol. The van der Waals surface area contributed by atoms with Crippen LogP contribution in [0.2, 0.25) is 10.0 Å². The molecule has 16 heteroatoms. The molecule has 1 aliphatic carbocycles. The Hall–Kier alpha value is -6.03. The van der Waals surface area contributed by atoms with Gasteiger partial charge in [0.1, 0.15) is 17.1 Å². The van der Waals surface area contributed by atoms with Crippen molar-refractivity contribution in [3.05, 3.63) is 134 Å². The summed E-state index contributed by atoms with van der Waals surface area (Å²) in [6.45, 7) is 12.4. The van der Waals surface area contributed by atoms with Gasteiger partial charge in [-0.15, -0.1) is 0 Å². The van der Waals surface area contributed by atoms with Crippen LogP contribution in [0.5, 0.6) is 5.75 Å². The number of nitrogens with one attached hydrogen (secondary N) is 3. The number of anilines is 2. The van der Waals surface area contributed by atoms with Crippen molar-refractivity contribution in [1.82, 2.24) is 20.0 Å². The molecule has 4 aromatic carbocycles. The number of hydrogen-bond acceptors (Lipinski definition) is 9. The Bertz CT molecular complexity index is 2730. The molecule has 4 aromatic rings. The molecule has 346 valence electrons. The van der Waals surface area contributed by atoms with Gasteiger partial charge in [-0.25, -0.2) is 4.79 Å². The molecule has 0 saturated carbocycles. The average Bonchev–Trinajstić information content (AvgIpc) is 3.82. The number of aromatic carboxylic acids is 1. The van der Waals surface area contributed by atoms with Crippen LogP contribution in [0.4, 0.5) is 11.4 Å². The van der Waals surface area contributed by atoms with E-state index in [0.717, 1.165) is 37.1 Å². The van der Waals surface area contributed by atoms with Crippen LogP contribution in [-0.4, -0.2) is 101 Å². The van der Waals surface area contributed by atoms with E-state index in [-0.39, 0.29) is 64.0 Å². The summed E-state index contributed by atoms with van der Waals surface area (Å²) in [5.41, 5.74) is 3.81. The number of halogens is 2. The fourth-order valence-corrected chi connectivity index (χ4v) is 8.50. The van der Waals surface area contributed by atoms with Gasteiger partial charge in [0.2, 0.25) is 11.8 Å². The molecule has 0 radical (unpaired) electrons. The number of benzene rings is 5. The van der Waals surface area contributed by atoms with Crippen molar-refractivity contribution in [3.63, 3.8) is 0 Å². The summed E-state index contributed by atoms with van der Waals surface area (Å²) in [6, 6.07) is 25.7. The second kappa shape index (κ2) is 22.9. The van der Waals surface area contributed by atoms with Crippen LogP contribution < -0.4 is 21.4 Å². The lowest BCUT2D eigenvalue weighted by molar-refractivity contribution is -0.131. The number of nitrogens with zero attached hydrogens (tertiary/aromatic N) is 3. The van der Waals surface area contributed by atoms with E-state index in [1.54, 1.807) is 60.5 Å². The molecule has 66 heavy (non-hydrogen) atoms. The highest BCUT2D eigenvalue weighted by atomic mass is 35.5. The van der Waals surface area contributed by atoms with Gasteiger partial charge < -0.3 is 45.3 Å². The summed E-state index contributed by atoms with van der Waals surface area (Å²) < 4.78 is 5.91. The molecule has 7 rings (SSSR count). The van der Waals surface area contributed by atoms with Crippen LogP contribution in [-0.2, 0) is 16.0 Å². The third-order valence-electron chi connectivity index (χ3n) is 11.6. The lowest BCUT2D eigenvalue weighted by Crippen LogP contribution is -2.39. The molecule has 0 aromatic heterocycles. The van der Waals surface area contributed by atoms with Crippen LogP contribution >= 0.6 is 35.4 Å². The predicted octanol–water partition coefficient (Wildman–Crippen LogP) is 9.39. The number of likely N-dealkylation sites (tertiary alicyclic amines) is 1. The van der Waals surface area contributed by atoms with Crippen LogP contribution in [0.25, 0.3) is 33.4 Å². The maximum atomic E-state index is 13.6. The molecule has 1 atom stereocenters. The first-order valence-electron chi connectivity index (χ1n) is 21.8. The van der Waals surface area contributed by atoms with Gasteiger partial charge >= 0.3 is 5.97 Å². The topological polar surface area (TPSA) is 168 Å². The smallest absolute Gasteiger partial charge is 0.336 e. The van der Waals surface area contributed by atoms with Crippen molar-refractivity contribution in [1.29, 1.82) is 0 Å². The highest BCUT2D eigenvalue weighted by molar-refractivity contribution is 7.80. The molecule has 0 spiro atoms. The van der Waals surface area contributed by atoms with Crippen LogP contribution in [0.15, 0.2) is 106 Å². The molecule has 2 amide bonds. The van der Waals surface area contributed by atoms with E-state index in [9.17, 15) is 29.4 Å². The molecular formula is C50H54Cl2N6O7S. The number of carbonyl (C=O) groups is 3. The lowest BCUT2D eigenvalue weighted by atomic mass is 9.90. The Balaban J connectivity index is 0.000000952. The van der Waals surface area contributed by atoms with Crippen molar-refractivity contribution in [2.75, 3.05) is 63.5 Å². The number of carboxylic acid groups (broad SMARTS) is 1. The summed E-state index contributed by atoms with van der Waals surface area (Å²) in [4.78, 5) is 58.0. The van der Waals surface area contributed by atoms with E-state index >= 15 is 0 Å². The maximum absolute atomic E-state index is 13.6. The fourth-order valence-electron chi connectivity index (χ4n) is 7.99. The van der Waals surface area contributed by atoms with Gasteiger partial charge in [0.25, 0.3) is 0 Å². The van der Waals surface area contributed by atoms with Gasteiger partial charge in [-0.05, 0) is 135 Å². The van der Waals surface area contributed by atoms with Crippen molar-refractivity contribution in [2.45, 2.75) is 46.1 Å². The molecule has 2 aliphatic heterocycles. The molecule has 0 bridgehead atoms. The zero-order valence-corrected chi connectivity index (χ0v) is 39.7. The molecule has 2 heterocycles. The second-order valence-electron chi connectivity index (χ2n) is 15.9. The first-order chi connectivity index (χ1) is 31.7. The Morgan fingerprint density at radius 2 is 1.55 bits per heavy atom. The summed E-state index contributed by atoms with van der Waals surface area (Å²) >= 11 is 17.8. The first kappa shape index (κ1) is 49.4. The Labute approximate surface area is 399 Å². The first-order valence-corrected chi connectivity index (χ1v) is 23.0. The van der Waals surface area contributed by atoms with E-state index in [1.165, 1.54) is 50.0 Å². The number of carboxylic acids is 1. The monoisotopic (exact) mass is 952 g/mol. The largest absolute Gasteiger partial charge is 0.508 e. The van der Waals surface area contributed by atoms with Crippen molar-refractivity contribution in [3.8, 4) is 28.2 Å². The van der Waals surface area contributed by atoms with Gasteiger partial charge in [-0.2, -0.15) is 0 Å². The number of thiocarbonyl (C=S) groups is 1. The average molecular weight is 954 g/mol. The quantitative estimate of drug-likeness (QED) is 0.0490. The number of phenols is 1. The van der Waals surface area contributed by atoms with E-state index < -0.39 is 5.97 Å². The number of carbonyl (C=O) groups excluding carboxylic acids is 2. The standard InChI is InChI=1S/C44H39Cl2N5O7S.C6H15N/c1-50(41(55)18-25-7-14-35(45)36(46)17-25)37(24-51-15-2-3-16-51)26-5-4-6-27(19-26)48-40(54)23-47-44(59)49-28-8-11-31(34(20-28)43(56)57)42-32-12-9-29(52)21-38(32)58-39-22-30(53)10-13-33(39)42;1-4-7(5-2)6-3/h4-14,17,19-22,37,52H,2-3,15-16,18,23-24H2,1H3,(H,48,54)(H,56,57)(H2,47,49,59);4-6H2,1-3H3. The number of likely N-dealkylation sites (N-methyl/N-ethyl adjacent to an activating group) is 1. The second-order valence-corrected chi connectivity index (χ2v) is 17.2. The SMILES string of the molecule is CCN(CC)CC.CN(C(=O)Cc1ccc(Cl)c(Cl)c1)C(CN1CCCC1)c1cccc(NC(=O)CNC(=S)Nc2ccc(-c3c4ccc(=O)cc-4oc4cc(O)ccc34)c(C(=O)O)c2)c1. The van der Waals surface area contributed by atoms with Crippen LogP contribution in [0, 0.1) is 0 Å². The Morgan fingerprint density at radius 3 is 2.23 bits per heavy atom.